The van der Waals surface area contributed by atoms with E-state index in [4.69, 9.17) is 9.47 Å². The first-order valence-electron chi connectivity index (χ1n) is 10.5. The van der Waals surface area contributed by atoms with Crippen LogP contribution in [0.1, 0.15) is 35.5 Å². The maximum atomic E-state index is 12.3. The number of hydrogen-bond acceptors (Lipinski definition) is 5. The average molecular weight is 434 g/mol. The Morgan fingerprint density at radius 2 is 1.88 bits per heavy atom. The van der Waals surface area contributed by atoms with Gasteiger partial charge in [-0.1, -0.05) is 30.3 Å². The zero-order valence-electron chi connectivity index (χ0n) is 18.5. The van der Waals surface area contributed by atoms with Gasteiger partial charge in [-0.25, -0.2) is 0 Å². The molecule has 1 amide bonds. The normalized spacial score (nSPS) is 10.8. The zero-order valence-corrected chi connectivity index (χ0v) is 18.5. The van der Waals surface area contributed by atoms with E-state index in [0.29, 0.717) is 30.3 Å². The molecule has 7 nitrogen and oxygen atoms in total. The molecular weight excluding hydrogens is 406 g/mol. The van der Waals surface area contributed by atoms with Crippen molar-refractivity contribution in [2.24, 2.45) is 0 Å². The summed E-state index contributed by atoms with van der Waals surface area (Å²) >= 11 is 0. The lowest BCUT2D eigenvalue weighted by Crippen LogP contribution is -2.20. The first-order chi connectivity index (χ1) is 15.5. The van der Waals surface area contributed by atoms with E-state index >= 15 is 0 Å². The second-order valence-corrected chi connectivity index (χ2v) is 7.05. The molecule has 2 aromatic carbocycles. The second-order valence-electron chi connectivity index (χ2n) is 7.05. The largest absolute Gasteiger partial charge is 0.490 e. The minimum Gasteiger partial charge on any atom is -0.490 e. The van der Waals surface area contributed by atoms with E-state index < -0.39 is 0 Å². The SMILES string of the molecule is CCOc1cc(/C=C/C(=O)c2ccn(CC)n2)ccc1OCC(=O)Nc1ccccc1C. The molecule has 0 unspecified atom stereocenters. The lowest BCUT2D eigenvalue weighted by Gasteiger charge is -2.13. The third-order valence-corrected chi connectivity index (χ3v) is 4.69. The average Bonchev–Trinajstić information content (AvgIpc) is 3.28. The van der Waals surface area contributed by atoms with Crippen LogP contribution in [-0.2, 0) is 11.3 Å². The topological polar surface area (TPSA) is 82.5 Å². The number of anilines is 1. The number of carbonyl (C=O) groups is 2. The van der Waals surface area contributed by atoms with Crippen LogP contribution >= 0.6 is 0 Å². The molecule has 0 saturated heterocycles. The van der Waals surface area contributed by atoms with Crippen LogP contribution in [0, 0.1) is 6.92 Å². The Kier molecular flexibility index (Phi) is 7.80. The van der Waals surface area contributed by atoms with E-state index in [1.807, 2.05) is 45.0 Å². The summed E-state index contributed by atoms with van der Waals surface area (Å²) in [5.41, 5.74) is 2.89. The smallest absolute Gasteiger partial charge is 0.262 e. The van der Waals surface area contributed by atoms with Crippen LogP contribution in [-0.4, -0.2) is 34.7 Å². The third-order valence-electron chi connectivity index (χ3n) is 4.69. The summed E-state index contributed by atoms with van der Waals surface area (Å²) in [6.07, 6.45) is 4.95. The van der Waals surface area contributed by atoms with Gasteiger partial charge in [-0.3, -0.25) is 14.3 Å². The van der Waals surface area contributed by atoms with Gasteiger partial charge in [-0.05, 0) is 62.2 Å². The van der Waals surface area contributed by atoms with Gasteiger partial charge in [0.05, 0.1) is 6.61 Å². The number of ketones is 1. The number of para-hydroxylation sites is 1. The summed E-state index contributed by atoms with van der Waals surface area (Å²) < 4.78 is 13.1. The Balaban J connectivity index is 1.65. The van der Waals surface area contributed by atoms with Gasteiger partial charge in [0.25, 0.3) is 5.91 Å². The molecule has 1 heterocycles. The molecule has 1 aromatic heterocycles. The predicted octanol–water partition coefficient (Wildman–Crippen LogP) is 4.52. The molecule has 0 saturated carbocycles. The van der Waals surface area contributed by atoms with E-state index in [1.165, 1.54) is 6.08 Å². The molecule has 7 heteroatoms. The number of nitrogens with zero attached hydrogens (tertiary/aromatic N) is 2. The molecule has 166 valence electrons. The molecule has 0 aliphatic heterocycles. The molecule has 0 fully saturated rings. The number of rotatable bonds is 10. The number of ether oxygens (including phenoxy) is 2. The summed E-state index contributed by atoms with van der Waals surface area (Å²) in [5, 5.41) is 7.05. The van der Waals surface area contributed by atoms with Crippen LogP contribution in [0.15, 0.2) is 60.8 Å². The highest BCUT2D eigenvalue weighted by molar-refractivity contribution is 6.05. The summed E-state index contributed by atoms with van der Waals surface area (Å²) in [7, 11) is 0. The predicted molar refractivity (Wildman–Crippen MR) is 124 cm³/mol. The third kappa shape index (κ3) is 6.07. The lowest BCUT2D eigenvalue weighted by molar-refractivity contribution is -0.118. The highest BCUT2D eigenvalue weighted by Gasteiger charge is 2.11. The van der Waals surface area contributed by atoms with E-state index in [0.717, 1.165) is 16.8 Å². The molecule has 0 atom stereocenters. The van der Waals surface area contributed by atoms with Crippen LogP contribution < -0.4 is 14.8 Å². The van der Waals surface area contributed by atoms with E-state index in [1.54, 1.807) is 41.2 Å². The van der Waals surface area contributed by atoms with Gasteiger partial charge in [-0.15, -0.1) is 0 Å². The number of carbonyl (C=O) groups excluding carboxylic acids is 2. The summed E-state index contributed by atoms with van der Waals surface area (Å²) in [6.45, 7) is 6.75. The Morgan fingerprint density at radius 3 is 2.59 bits per heavy atom. The molecular formula is C25H27N3O4. The standard InChI is InChI=1S/C25H27N3O4/c1-4-28-15-14-21(27-28)22(29)12-10-19-11-13-23(24(16-19)31-5-2)32-17-25(30)26-20-9-7-6-8-18(20)3/h6-16H,4-5,17H2,1-3H3,(H,26,30)/b12-10+. The minimum absolute atomic E-state index is 0.151. The van der Waals surface area contributed by atoms with Crippen LogP contribution in [0.2, 0.25) is 0 Å². The van der Waals surface area contributed by atoms with Crippen molar-refractivity contribution in [3.63, 3.8) is 0 Å². The van der Waals surface area contributed by atoms with Crippen LogP contribution in [0.5, 0.6) is 11.5 Å². The van der Waals surface area contributed by atoms with E-state index in [9.17, 15) is 9.59 Å². The van der Waals surface area contributed by atoms with E-state index in [2.05, 4.69) is 10.4 Å². The summed E-state index contributed by atoms with van der Waals surface area (Å²) in [6, 6.07) is 14.5. The summed E-state index contributed by atoms with van der Waals surface area (Å²) in [5.74, 6) is 0.518. The van der Waals surface area contributed by atoms with Gasteiger partial charge in [-0.2, -0.15) is 5.10 Å². The monoisotopic (exact) mass is 433 g/mol. The molecule has 0 aliphatic carbocycles. The Labute approximate surface area is 187 Å². The molecule has 3 rings (SSSR count). The molecule has 0 aliphatic rings. The highest BCUT2D eigenvalue weighted by atomic mass is 16.5. The zero-order chi connectivity index (χ0) is 22.9. The molecule has 3 aromatic rings. The maximum Gasteiger partial charge on any atom is 0.262 e. The van der Waals surface area contributed by atoms with Crippen molar-refractivity contribution >= 4 is 23.5 Å². The fraction of sp³-hybridized carbons (Fsp3) is 0.240. The highest BCUT2D eigenvalue weighted by Crippen LogP contribution is 2.29. The lowest BCUT2D eigenvalue weighted by atomic mass is 10.1. The van der Waals surface area contributed by atoms with Gasteiger partial charge in [0.15, 0.2) is 18.1 Å². The van der Waals surface area contributed by atoms with Gasteiger partial charge < -0.3 is 14.8 Å². The molecule has 32 heavy (non-hydrogen) atoms. The first kappa shape index (κ1) is 22.8. The number of benzene rings is 2. The van der Waals surface area contributed by atoms with Gasteiger partial charge in [0.2, 0.25) is 5.78 Å². The van der Waals surface area contributed by atoms with Gasteiger partial charge in [0.1, 0.15) is 5.69 Å². The number of aryl methyl sites for hydroxylation is 2. The quantitative estimate of drug-likeness (QED) is 0.375. The van der Waals surface area contributed by atoms with Gasteiger partial charge >= 0.3 is 0 Å². The van der Waals surface area contributed by atoms with E-state index in [-0.39, 0.29) is 18.3 Å². The van der Waals surface area contributed by atoms with Crippen molar-refractivity contribution in [1.82, 2.24) is 9.78 Å². The van der Waals surface area contributed by atoms with Crippen molar-refractivity contribution in [1.29, 1.82) is 0 Å². The number of hydrogen-bond donors (Lipinski definition) is 1. The first-order valence-corrected chi connectivity index (χ1v) is 10.5. The molecule has 0 radical (unpaired) electrons. The number of nitrogens with one attached hydrogen (secondary N) is 1. The Hall–Kier alpha value is -3.87. The van der Waals surface area contributed by atoms with Crippen molar-refractivity contribution < 1.29 is 19.1 Å². The molecule has 0 spiro atoms. The van der Waals surface area contributed by atoms with Crippen molar-refractivity contribution in [2.45, 2.75) is 27.3 Å². The maximum absolute atomic E-state index is 12.3. The summed E-state index contributed by atoms with van der Waals surface area (Å²) in [4.78, 5) is 24.6. The fourth-order valence-corrected chi connectivity index (χ4v) is 2.99. The minimum atomic E-state index is -0.261. The Morgan fingerprint density at radius 1 is 1.06 bits per heavy atom. The number of amides is 1. The van der Waals surface area contributed by atoms with Crippen LogP contribution in [0.4, 0.5) is 5.69 Å². The van der Waals surface area contributed by atoms with Gasteiger partial charge in [0, 0.05) is 18.4 Å². The number of allylic oxidation sites excluding steroid dienone is 1. The van der Waals surface area contributed by atoms with Crippen LogP contribution in [0.25, 0.3) is 6.08 Å². The Bertz CT molecular complexity index is 1120. The van der Waals surface area contributed by atoms with Crippen LogP contribution in [0.3, 0.4) is 0 Å². The van der Waals surface area contributed by atoms with Crippen molar-refractivity contribution in [3.8, 4) is 11.5 Å². The second kappa shape index (κ2) is 10.9. The fourth-order valence-electron chi connectivity index (χ4n) is 2.99. The van der Waals surface area contributed by atoms with Crippen molar-refractivity contribution in [3.05, 3.63) is 77.6 Å². The van der Waals surface area contributed by atoms with Crippen molar-refractivity contribution in [2.75, 3.05) is 18.5 Å². The number of aromatic nitrogens is 2. The molecule has 1 N–H and O–H groups in total. The molecule has 0 bridgehead atoms.